The molecule has 2 N–H and O–H groups in total. The van der Waals surface area contributed by atoms with Crippen molar-refractivity contribution >= 4 is 12.6 Å². The van der Waals surface area contributed by atoms with Gasteiger partial charge < -0.3 is 10.0 Å². The van der Waals surface area contributed by atoms with Crippen molar-refractivity contribution < 1.29 is 14.4 Å². The summed E-state index contributed by atoms with van der Waals surface area (Å²) in [6.45, 7) is 2.86. The summed E-state index contributed by atoms with van der Waals surface area (Å²) in [6, 6.07) is 4.53. The van der Waals surface area contributed by atoms with E-state index in [1.54, 1.807) is 6.07 Å². The minimum Gasteiger partial charge on any atom is -0.423 e. The highest BCUT2D eigenvalue weighted by Gasteiger charge is 2.18. The molecule has 15 heavy (non-hydrogen) atoms. The maximum absolute atomic E-state index is 13.3. The molecular weight excluding hydrogens is 196 g/mol. The molecule has 0 unspecified atom stereocenters. The van der Waals surface area contributed by atoms with Crippen molar-refractivity contribution in [1.29, 1.82) is 0 Å². The van der Waals surface area contributed by atoms with Gasteiger partial charge in [-0.1, -0.05) is 12.1 Å². The van der Waals surface area contributed by atoms with Crippen molar-refractivity contribution in [3.8, 4) is 0 Å². The second kappa shape index (κ2) is 4.30. The Kier molecular flexibility index (Phi) is 3.04. The molecule has 3 nitrogen and oxygen atoms in total. The first-order valence-corrected chi connectivity index (χ1v) is 5.03. The summed E-state index contributed by atoms with van der Waals surface area (Å²) < 4.78 is 13.3. The lowest BCUT2D eigenvalue weighted by atomic mass is 9.79. The van der Waals surface area contributed by atoms with Crippen LogP contribution in [0.25, 0.3) is 0 Å². The molecule has 0 spiro atoms. The lowest BCUT2D eigenvalue weighted by molar-refractivity contribution is 0.172. The molecule has 0 saturated carbocycles. The van der Waals surface area contributed by atoms with Crippen LogP contribution in [0.5, 0.6) is 0 Å². The molecule has 0 radical (unpaired) electrons. The van der Waals surface area contributed by atoms with Crippen molar-refractivity contribution in [3.63, 3.8) is 0 Å². The Morgan fingerprint density at radius 3 is 2.53 bits per heavy atom. The summed E-state index contributed by atoms with van der Waals surface area (Å²) in [5.41, 5.74) is 0.805. The van der Waals surface area contributed by atoms with Crippen LogP contribution < -0.4 is 5.46 Å². The van der Waals surface area contributed by atoms with Crippen molar-refractivity contribution in [2.75, 3.05) is 13.1 Å². The van der Waals surface area contributed by atoms with Crippen LogP contribution in [0.3, 0.4) is 0 Å². The number of halogens is 1. The predicted molar refractivity (Wildman–Crippen MR) is 56.1 cm³/mol. The molecule has 0 atom stereocenters. The van der Waals surface area contributed by atoms with Gasteiger partial charge in [0.05, 0.1) is 0 Å². The minimum atomic E-state index is -1.73. The lowest BCUT2D eigenvalue weighted by Crippen LogP contribution is -2.37. The van der Waals surface area contributed by atoms with Crippen LogP contribution >= 0.6 is 0 Å². The van der Waals surface area contributed by atoms with Gasteiger partial charge in [0.1, 0.15) is 5.82 Å². The van der Waals surface area contributed by atoms with Gasteiger partial charge in [0.2, 0.25) is 0 Å². The Morgan fingerprint density at radius 1 is 1.33 bits per heavy atom. The first kappa shape index (κ1) is 10.6. The van der Waals surface area contributed by atoms with Crippen LogP contribution in [0.15, 0.2) is 18.2 Å². The second-order valence-corrected chi connectivity index (χ2v) is 3.86. The largest absolute Gasteiger partial charge is 0.491 e. The zero-order chi connectivity index (χ0) is 10.8. The third-order valence-electron chi connectivity index (χ3n) is 2.70. The summed E-state index contributed by atoms with van der Waals surface area (Å²) in [7, 11) is -1.73. The lowest BCUT2D eigenvalue weighted by Gasteiger charge is -2.30. The fourth-order valence-electron chi connectivity index (χ4n) is 1.68. The molecule has 1 heterocycles. The van der Waals surface area contributed by atoms with Gasteiger partial charge in [-0.3, -0.25) is 4.90 Å². The van der Waals surface area contributed by atoms with Gasteiger partial charge in [-0.25, -0.2) is 4.39 Å². The topological polar surface area (TPSA) is 43.7 Å². The van der Waals surface area contributed by atoms with Gasteiger partial charge in [-0.05, 0) is 31.1 Å². The third-order valence-corrected chi connectivity index (χ3v) is 2.70. The highest BCUT2D eigenvalue weighted by atomic mass is 19.1. The van der Waals surface area contributed by atoms with Crippen LogP contribution in [0.4, 0.5) is 4.39 Å². The molecule has 5 heteroatoms. The normalized spacial score (nSPS) is 16.2. The number of rotatable bonds is 3. The van der Waals surface area contributed by atoms with Crippen LogP contribution in [0.2, 0.25) is 0 Å². The summed E-state index contributed by atoms with van der Waals surface area (Å²) in [6.07, 6.45) is 1.20. The van der Waals surface area contributed by atoms with E-state index in [2.05, 4.69) is 4.90 Å². The number of benzene rings is 1. The molecular formula is C10H13BFNO2. The van der Waals surface area contributed by atoms with Gasteiger partial charge in [0.25, 0.3) is 0 Å². The first-order valence-electron chi connectivity index (χ1n) is 5.03. The van der Waals surface area contributed by atoms with E-state index < -0.39 is 12.9 Å². The number of hydrogen-bond donors (Lipinski definition) is 2. The quantitative estimate of drug-likeness (QED) is 0.672. The van der Waals surface area contributed by atoms with E-state index in [-0.39, 0.29) is 5.46 Å². The number of likely N-dealkylation sites (tertiary alicyclic amines) is 1. The van der Waals surface area contributed by atoms with Gasteiger partial charge in [-0.15, -0.1) is 0 Å². The van der Waals surface area contributed by atoms with Crippen molar-refractivity contribution in [2.45, 2.75) is 13.0 Å². The maximum Gasteiger partial charge on any atom is 0.491 e. The van der Waals surface area contributed by atoms with Crippen molar-refractivity contribution in [2.24, 2.45) is 0 Å². The second-order valence-electron chi connectivity index (χ2n) is 3.86. The van der Waals surface area contributed by atoms with Gasteiger partial charge in [-0.2, -0.15) is 0 Å². The monoisotopic (exact) mass is 209 g/mol. The molecule has 2 rings (SSSR count). The smallest absolute Gasteiger partial charge is 0.423 e. The summed E-state index contributed by atoms with van der Waals surface area (Å²) in [5.74, 6) is -0.553. The molecule has 0 aliphatic carbocycles. The molecule has 80 valence electrons. The molecule has 0 bridgehead atoms. The van der Waals surface area contributed by atoms with Crippen LogP contribution in [0, 0.1) is 5.82 Å². The molecule has 1 aromatic rings. The fourth-order valence-corrected chi connectivity index (χ4v) is 1.68. The van der Waals surface area contributed by atoms with E-state index >= 15 is 0 Å². The van der Waals surface area contributed by atoms with E-state index in [4.69, 9.17) is 10.0 Å². The van der Waals surface area contributed by atoms with Gasteiger partial charge in [0, 0.05) is 12.0 Å². The molecule has 0 amide bonds. The Hall–Kier alpha value is -0.905. The maximum atomic E-state index is 13.3. The summed E-state index contributed by atoms with van der Waals surface area (Å²) >= 11 is 0. The summed E-state index contributed by atoms with van der Waals surface area (Å²) in [5, 5.41) is 17.7. The minimum absolute atomic E-state index is 0.0673. The van der Waals surface area contributed by atoms with Crippen LogP contribution in [-0.2, 0) is 6.54 Å². The van der Waals surface area contributed by atoms with Crippen molar-refractivity contribution in [3.05, 3.63) is 29.6 Å². The zero-order valence-electron chi connectivity index (χ0n) is 8.36. The SMILES string of the molecule is OB(O)c1ccc(CN2CCC2)cc1F. The van der Waals surface area contributed by atoms with Crippen LogP contribution in [0.1, 0.15) is 12.0 Å². The van der Waals surface area contributed by atoms with E-state index in [9.17, 15) is 4.39 Å². The molecule has 1 fully saturated rings. The average molecular weight is 209 g/mol. The van der Waals surface area contributed by atoms with E-state index in [1.165, 1.54) is 18.6 Å². The molecule has 0 aromatic heterocycles. The number of nitrogens with zero attached hydrogens (tertiary/aromatic N) is 1. The van der Waals surface area contributed by atoms with E-state index in [0.29, 0.717) is 0 Å². The fraction of sp³-hybridized carbons (Fsp3) is 0.400. The highest BCUT2D eigenvalue weighted by molar-refractivity contribution is 6.58. The van der Waals surface area contributed by atoms with Crippen molar-refractivity contribution in [1.82, 2.24) is 4.90 Å². The Bertz CT molecular complexity index is 355. The van der Waals surface area contributed by atoms with Gasteiger partial charge >= 0.3 is 7.12 Å². The number of hydrogen-bond acceptors (Lipinski definition) is 3. The Labute approximate surface area is 88.3 Å². The molecule has 1 saturated heterocycles. The highest BCUT2D eigenvalue weighted by Crippen LogP contribution is 2.12. The Morgan fingerprint density at radius 2 is 2.07 bits per heavy atom. The summed E-state index contributed by atoms with van der Waals surface area (Å²) in [4.78, 5) is 2.21. The molecule has 1 aromatic carbocycles. The van der Waals surface area contributed by atoms with Crippen LogP contribution in [-0.4, -0.2) is 35.2 Å². The molecule has 1 aliphatic rings. The van der Waals surface area contributed by atoms with E-state index in [0.717, 1.165) is 25.2 Å². The standard InChI is InChI=1S/C10H13BFNO2/c12-10-6-8(7-13-4-1-5-13)2-3-9(10)11(14)15/h2-3,6,14-15H,1,4-5,7H2. The zero-order valence-corrected chi connectivity index (χ0v) is 8.36. The Balaban J connectivity index is 2.10. The first-order chi connectivity index (χ1) is 7.16. The molecule has 1 aliphatic heterocycles. The average Bonchev–Trinajstić information content (AvgIpc) is 2.11. The third kappa shape index (κ3) is 2.37. The van der Waals surface area contributed by atoms with E-state index in [1.807, 2.05) is 0 Å². The van der Waals surface area contributed by atoms with Gasteiger partial charge in [0.15, 0.2) is 0 Å². The predicted octanol–water partition coefficient (Wildman–Crippen LogP) is -0.289.